The van der Waals surface area contributed by atoms with Gasteiger partial charge in [-0.1, -0.05) is 32.6 Å². The zero-order chi connectivity index (χ0) is 30.9. The van der Waals surface area contributed by atoms with Crippen LogP contribution in [0, 0.1) is 0 Å². The van der Waals surface area contributed by atoms with Crippen molar-refractivity contribution in [1.29, 1.82) is 0 Å². The molecule has 9 nitrogen and oxygen atoms in total. The minimum Gasteiger partial charge on any atom is -0.444 e. The topological polar surface area (TPSA) is 99.3 Å². The second-order valence-corrected chi connectivity index (χ2v) is 14.8. The average Bonchev–Trinajstić information content (AvgIpc) is 2.93. The maximum Gasteiger partial charge on any atom is 0.410 e. The Labute approximate surface area is 256 Å². The first-order valence-corrected chi connectivity index (χ1v) is 17.5. The molecule has 0 atom stereocenters. The molecule has 42 heavy (non-hydrogen) atoms. The molecule has 1 aliphatic rings. The lowest BCUT2D eigenvalue weighted by Crippen LogP contribution is -2.50. The van der Waals surface area contributed by atoms with Crippen LogP contribution in [0.4, 0.5) is 21.9 Å². The SMILES string of the molecule is CCCCCCCSc1ccc(NC(=O)c2cc(N3CCN(C(=O)OC(C)(C)C)CC3)ccc2N(C)S(C)(=O)=O)cc1. The maximum absolute atomic E-state index is 13.5. The fraction of sp³-hybridized carbons (Fsp3) is 0.548. The zero-order valence-electron chi connectivity index (χ0n) is 25.8. The molecule has 0 spiro atoms. The van der Waals surface area contributed by atoms with E-state index in [0.717, 1.165) is 26.9 Å². The fourth-order valence-electron chi connectivity index (χ4n) is 4.56. The van der Waals surface area contributed by atoms with Gasteiger partial charge in [0.1, 0.15) is 5.60 Å². The third-order valence-corrected chi connectivity index (χ3v) is 9.28. The lowest BCUT2D eigenvalue weighted by molar-refractivity contribution is 0.0240. The van der Waals surface area contributed by atoms with Crippen LogP contribution in [0.25, 0.3) is 0 Å². The molecule has 0 radical (unpaired) electrons. The Bertz CT molecular complexity index is 1300. The number of anilines is 3. The summed E-state index contributed by atoms with van der Waals surface area (Å²) >= 11 is 1.81. The van der Waals surface area contributed by atoms with E-state index in [0.29, 0.717) is 37.6 Å². The molecule has 2 aromatic carbocycles. The largest absolute Gasteiger partial charge is 0.444 e. The van der Waals surface area contributed by atoms with E-state index in [1.54, 1.807) is 17.0 Å². The van der Waals surface area contributed by atoms with E-state index < -0.39 is 21.5 Å². The zero-order valence-corrected chi connectivity index (χ0v) is 27.4. The van der Waals surface area contributed by atoms with E-state index in [-0.39, 0.29) is 11.7 Å². The average molecular weight is 619 g/mol. The van der Waals surface area contributed by atoms with Crippen molar-refractivity contribution >= 4 is 50.8 Å². The number of rotatable bonds is 12. The molecule has 0 unspecified atom stereocenters. The first-order valence-electron chi connectivity index (χ1n) is 14.6. The highest BCUT2D eigenvalue weighted by atomic mass is 32.2. The van der Waals surface area contributed by atoms with Gasteiger partial charge in [0.05, 0.1) is 17.5 Å². The summed E-state index contributed by atoms with van der Waals surface area (Å²) in [4.78, 5) is 30.9. The summed E-state index contributed by atoms with van der Waals surface area (Å²) in [6, 6.07) is 12.9. The number of hydrogen-bond donors (Lipinski definition) is 1. The van der Waals surface area contributed by atoms with E-state index in [1.165, 1.54) is 39.2 Å². The van der Waals surface area contributed by atoms with Crippen molar-refractivity contribution in [2.45, 2.75) is 70.3 Å². The number of carbonyl (C=O) groups excluding carboxylic acids is 2. The van der Waals surface area contributed by atoms with Gasteiger partial charge in [-0.05, 0) is 75.4 Å². The van der Waals surface area contributed by atoms with Crippen LogP contribution in [0.15, 0.2) is 47.4 Å². The van der Waals surface area contributed by atoms with Gasteiger partial charge < -0.3 is 19.9 Å². The Morgan fingerprint density at radius 1 is 0.976 bits per heavy atom. The summed E-state index contributed by atoms with van der Waals surface area (Å²) in [7, 11) is -2.16. The molecule has 1 saturated heterocycles. The lowest BCUT2D eigenvalue weighted by atomic mass is 10.1. The van der Waals surface area contributed by atoms with Crippen LogP contribution < -0.4 is 14.5 Å². The number of sulfonamides is 1. The standard InChI is InChI=1S/C31H46N4O5S2/c1-7-8-9-10-11-22-41-26-15-12-24(13-16-26)32-29(36)27-23-25(14-17-28(27)33(5)42(6,38)39)34-18-20-35(21-19-34)30(37)40-31(2,3)4/h12-17,23H,7-11,18-22H2,1-6H3,(H,32,36). The van der Waals surface area contributed by atoms with Crippen molar-refractivity contribution < 1.29 is 22.7 Å². The highest BCUT2D eigenvalue weighted by Gasteiger charge is 2.27. The predicted octanol–water partition coefficient (Wildman–Crippen LogP) is 6.45. The molecule has 2 aromatic rings. The fourth-order valence-corrected chi connectivity index (χ4v) is 5.99. The lowest BCUT2D eigenvalue weighted by Gasteiger charge is -2.37. The monoisotopic (exact) mass is 618 g/mol. The minimum atomic E-state index is -3.60. The summed E-state index contributed by atoms with van der Waals surface area (Å²) in [6.07, 6.45) is 7.01. The molecule has 1 heterocycles. The number of ether oxygens (including phenoxy) is 1. The van der Waals surface area contributed by atoms with Gasteiger partial charge in [-0.25, -0.2) is 13.2 Å². The van der Waals surface area contributed by atoms with E-state index in [2.05, 4.69) is 17.1 Å². The number of thioether (sulfide) groups is 1. The molecule has 2 amide bonds. The number of unbranched alkanes of at least 4 members (excludes halogenated alkanes) is 4. The number of benzene rings is 2. The number of hydrogen-bond acceptors (Lipinski definition) is 7. The van der Waals surface area contributed by atoms with E-state index >= 15 is 0 Å². The van der Waals surface area contributed by atoms with E-state index in [9.17, 15) is 18.0 Å². The Morgan fingerprint density at radius 2 is 1.62 bits per heavy atom. The summed E-state index contributed by atoms with van der Waals surface area (Å²) < 4.78 is 31.4. The molecule has 0 saturated carbocycles. The van der Waals surface area contributed by atoms with E-state index in [4.69, 9.17) is 4.74 Å². The van der Waals surface area contributed by atoms with Crippen molar-refractivity contribution in [2.24, 2.45) is 0 Å². The first kappa shape index (κ1) is 33.6. The van der Waals surface area contributed by atoms with Gasteiger partial charge in [0.25, 0.3) is 5.91 Å². The summed E-state index contributed by atoms with van der Waals surface area (Å²) in [5.41, 5.74) is 1.39. The van der Waals surface area contributed by atoms with Gasteiger partial charge >= 0.3 is 6.09 Å². The Balaban J connectivity index is 1.71. The molecule has 0 bridgehead atoms. The second kappa shape index (κ2) is 15.0. The normalized spacial score (nSPS) is 14.0. The second-order valence-electron chi connectivity index (χ2n) is 11.6. The smallest absolute Gasteiger partial charge is 0.410 e. The number of nitrogens with one attached hydrogen (secondary N) is 1. The van der Waals surface area contributed by atoms with Crippen LogP contribution in [-0.2, 0) is 14.8 Å². The summed E-state index contributed by atoms with van der Waals surface area (Å²) in [5.74, 6) is 0.668. The number of nitrogens with zero attached hydrogens (tertiary/aromatic N) is 3. The van der Waals surface area contributed by atoms with Crippen LogP contribution in [0.3, 0.4) is 0 Å². The van der Waals surface area contributed by atoms with Gasteiger partial charge in [0, 0.05) is 49.5 Å². The third-order valence-electron chi connectivity index (χ3n) is 6.99. The quantitative estimate of drug-likeness (QED) is 0.215. The number of piperazine rings is 1. The van der Waals surface area contributed by atoms with Crippen molar-refractivity contribution in [1.82, 2.24) is 4.90 Å². The Morgan fingerprint density at radius 3 is 2.21 bits per heavy atom. The Kier molecular flexibility index (Phi) is 12.0. The molecule has 11 heteroatoms. The van der Waals surface area contributed by atoms with Crippen LogP contribution in [0.5, 0.6) is 0 Å². The van der Waals surface area contributed by atoms with E-state index in [1.807, 2.05) is 62.9 Å². The molecule has 1 fully saturated rings. The van der Waals surface area contributed by atoms with Gasteiger partial charge in [-0.15, -0.1) is 11.8 Å². The molecule has 0 aromatic heterocycles. The summed E-state index contributed by atoms with van der Waals surface area (Å²) in [5, 5.41) is 2.94. The van der Waals surface area contributed by atoms with Crippen molar-refractivity contribution in [3.8, 4) is 0 Å². The molecule has 232 valence electrons. The van der Waals surface area contributed by atoms with Crippen LogP contribution in [0.1, 0.15) is 70.2 Å². The number of carbonyl (C=O) groups is 2. The summed E-state index contributed by atoms with van der Waals surface area (Å²) in [6.45, 7) is 9.80. The van der Waals surface area contributed by atoms with Crippen LogP contribution in [-0.4, -0.2) is 76.2 Å². The van der Waals surface area contributed by atoms with Crippen molar-refractivity contribution in [3.63, 3.8) is 0 Å². The van der Waals surface area contributed by atoms with Crippen molar-refractivity contribution in [2.75, 3.05) is 59.8 Å². The van der Waals surface area contributed by atoms with Crippen molar-refractivity contribution in [3.05, 3.63) is 48.0 Å². The molecular formula is C31H46N4O5S2. The van der Waals surface area contributed by atoms with Crippen LogP contribution >= 0.6 is 11.8 Å². The molecule has 3 rings (SSSR count). The van der Waals surface area contributed by atoms with Crippen LogP contribution in [0.2, 0.25) is 0 Å². The highest BCUT2D eigenvalue weighted by Crippen LogP contribution is 2.29. The molecule has 1 aliphatic heterocycles. The predicted molar refractivity (Wildman–Crippen MR) is 174 cm³/mol. The van der Waals surface area contributed by atoms with Gasteiger partial charge in [0.15, 0.2) is 0 Å². The Hall–Kier alpha value is -2.92. The van der Waals surface area contributed by atoms with Gasteiger partial charge in [-0.3, -0.25) is 9.10 Å². The number of amides is 2. The third kappa shape index (κ3) is 10.1. The maximum atomic E-state index is 13.5. The van der Waals surface area contributed by atoms with Gasteiger partial charge in [0.2, 0.25) is 10.0 Å². The minimum absolute atomic E-state index is 0.250. The highest BCUT2D eigenvalue weighted by molar-refractivity contribution is 7.99. The molecule has 0 aliphatic carbocycles. The van der Waals surface area contributed by atoms with Gasteiger partial charge in [-0.2, -0.15) is 0 Å². The first-order chi connectivity index (χ1) is 19.8. The molecule has 1 N–H and O–H groups in total. The molecular weight excluding hydrogens is 572 g/mol.